The van der Waals surface area contributed by atoms with E-state index in [1.54, 1.807) is 24.3 Å². The van der Waals surface area contributed by atoms with Gasteiger partial charge in [0.25, 0.3) is 5.91 Å². The average molecular weight is 429 g/mol. The molecule has 1 aliphatic heterocycles. The number of hydrogen-bond donors (Lipinski definition) is 2. The summed E-state index contributed by atoms with van der Waals surface area (Å²) in [7, 11) is 0. The molecule has 2 aromatic rings. The van der Waals surface area contributed by atoms with Gasteiger partial charge >= 0.3 is 0 Å². The fourth-order valence-electron chi connectivity index (χ4n) is 4.04. The van der Waals surface area contributed by atoms with Gasteiger partial charge in [-0.2, -0.15) is 0 Å². The monoisotopic (exact) mass is 428 g/mol. The van der Waals surface area contributed by atoms with Gasteiger partial charge in [-0.1, -0.05) is 48.9 Å². The van der Waals surface area contributed by atoms with E-state index in [2.05, 4.69) is 5.32 Å². The second kappa shape index (κ2) is 9.63. The van der Waals surface area contributed by atoms with E-state index >= 15 is 0 Å². The Labute approximate surface area is 183 Å². The summed E-state index contributed by atoms with van der Waals surface area (Å²) in [6, 6.07) is 16.2. The van der Waals surface area contributed by atoms with Crippen molar-refractivity contribution in [2.45, 2.75) is 44.8 Å². The number of nitrogens with one attached hydrogen (secondary N) is 1. The molecule has 3 rings (SSSR count). The van der Waals surface area contributed by atoms with Crippen molar-refractivity contribution in [2.24, 2.45) is 5.92 Å². The molecule has 2 unspecified atom stereocenters. The largest absolute Gasteiger partial charge is 0.385 e. The van der Waals surface area contributed by atoms with Crippen molar-refractivity contribution < 1.29 is 14.7 Å². The van der Waals surface area contributed by atoms with Crippen LogP contribution in [0.15, 0.2) is 54.6 Å². The Kier molecular flexibility index (Phi) is 7.16. The smallest absolute Gasteiger partial charge is 0.251 e. The molecule has 6 heteroatoms. The van der Waals surface area contributed by atoms with Gasteiger partial charge in [-0.15, -0.1) is 0 Å². The molecule has 2 atom stereocenters. The molecule has 2 amide bonds. The molecule has 160 valence electrons. The third-order valence-corrected chi connectivity index (χ3v) is 6.08. The van der Waals surface area contributed by atoms with Crippen molar-refractivity contribution in [3.8, 4) is 0 Å². The molecule has 1 heterocycles. The zero-order valence-corrected chi connectivity index (χ0v) is 18.2. The lowest BCUT2D eigenvalue weighted by atomic mass is 9.84. The fourth-order valence-corrected chi connectivity index (χ4v) is 4.17. The van der Waals surface area contributed by atoms with Crippen molar-refractivity contribution >= 4 is 23.4 Å². The number of carbonyl (C=O) groups excluding carboxylic acids is 2. The minimum absolute atomic E-state index is 0.0639. The molecule has 30 heavy (non-hydrogen) atoms. The molecule has 0 radical (unpaired) electrons. The number of benzene rings is 2. The standard InChI is InChI=1S/C24H29ClN2O3/c1-17(16-18(2)26-22(28)19-6-4-3-5-7-19)23(29)27-14-12-24(30,13-15-27)20-8-10-21(25)11-9-20/h3-11,17-18,30H,12-16H2,1-2H3,(H,26,28). The zero-order valence-electron chi connectivity index (χ0n) is 17.5. The summed E-state index contributed by atoms with van der Waals surface area (Å²) in [6.07, 6.45) is 1.55. The van der Waals surface area contributed by atoms with Crippen molar-refractivity contribution in [3.63, 3.8) is 0 Å². The zero-order chi connectivity index (χ0) is 21.7. The average Bonchev–Trinajstić information content (AvgIpc) is 2.74. The van der Waals surface area contributed by atoms with E-state index in [0.29, 0.717) is 42.9 Å². The van der Waals surface area contributed by atoms with Crippen LogP contribution < -0.4 is 5.32 Å². The van der Waals surface area contributed by atoms with E-state index < -0.39 is 5.60 Å². The lowest BCUT2D eigenvalue weighted by Crippen LogP contribution is -2.47. The summed E-state index contributed by atoms with van der Waals surface area (Å²) in [5.74, 6) is -0.277. The van der Waals surface area contributed by atoms with Crippen LogP contribution in [0.4, 0.5) is 0 Å². The molecule has 0 bridgehead atoms. The second-order valence-corrected chi connectivity index (χ2v) is 8.68. The normalized spacial score (nSPS) is 17.8. The minimum Gasteiger partial charge on any atom is -0.385 e. The van der Waals surface area contributed by atoms with Crippen LogP contribution in [0.2, 0.25) is 5.02 Å². The number of nitrogens with zero attached hydrogens (tertiary/aromatic N) is 1. The Morgan fingerprint density at radius 3 is 2.27 bits per heavy atom. The maximum Gasteiger partial charge on any atom is 0.251 e. The molecule has 0 aromatic heterocycles. The van der Waals surface area contributed by atoms with Crippen molar-refractivity contribution in [1.29, 1.82) is 0 Å². The van der Waals surface area contributed by atoms with Crippen LogP contribution in [-0.4, -0.2) is 41.0 Å². The Morgan fingerprint density at radius 2 is 1.67 bits per heavy atom. The van der Waals surface area contributed by atoms with Crippen LogP contribution in [0, 0.1) is 5.92 Å². The summed E-state index contributed by atoms with van der Waals surface area (Å²) in [4.78, 5) is 27.0. The van der Waals surface area contributed by atoms with Crippen LogP contribution in [0.5, 0.6) is 0 Å². The number of aliphatic hydroxyl groups is 1. The van der Waals surface area contributed by atoms with Gasteiger partial charge in [0.15, 0.2) is 0 Å². The molecule has 1 fully saturated rings. The highest BCUT2D eigenvalue weighted by atomic mass is 35.5. The van der Waals surface area contributed by atoms with Crippen LogP contribution in [-0.2, 0) is 10.4 Å². The van der Waals surface area contributed by atoms with E-state index in [1.165, 1.54) is 0 Å². The molecule has 5 nitrogen and oxygen atoms in total. The van der Waals surface area contributed by atoms with Gasteiger partial charge in [-0.25, -0.2) is 0 Å². The first-order chi connectivity index (χ1) is 14.3. The number of hydrogen-bond acceptors (Lipinski definition) is 3. The predicted molar refractivity (Wildman–Crippen MR) is 118 cm³/mol. The highest BCUT2D eigenvalue weighted by Crippen LogP contribution is 2.34. The molecule has 1 aliphatic rings. The van der Waals surface area contributed by atoms with Crippen molar-refractivity contribution in [3.05, 3.63) is 70.7 Å². The number of piperidine rings is 1. The van der Waals surface area contributed by atoms with E-state index in [4.69, 9.17) is 11.6 Å². The minimum atomic E-state index is -0.929. The van der Waals surface area contributed by atoms with E-state index in [0.717, 1.165) is 5.56 Å². The first-order valence-electron chi connectivity index (χ1n) is 10.4. The fraction of sp³-hybridized carbons (Fsp3) is 0.417. The highest BCUT2D eigenvalue weighted by molar-refractivity contribution is 6.30. The van der Waals surface area contributed by atoms with E-state index in [1.807, 2.05) is 49.1 Å². The first-order valence-corrected chi connectivity index (χ1v) is 10.8. The number of likely N-dealkylation sites (tertiary alicyclic amines) is 1. The number of halogens is 1. The van der Waals surface area contributed by atoms with Crippen molar-refractivity contribution in [1.82, 2.24) is 10.2 Å². The lowest BCUT2D eigenvalue weighted by Gasteiger charge is -2.39. The van der Waals surface area contributed by atoms with Crippen LogP contribution in [0.1, 0.15) is 49.0 Å². The highest BCUT2D eigenvalue weighted by Gasteiger charge is 2.36. The molecule has 0 spiro atoms. The van der Waals surface area contributed by atoms with E-state index in [-0.39, 0.29) is 23.8 Å². The van der Waals surface area contributed by atoms with Crippen LogP contribution in [0.3, 0.4) is 0 Å². The van der Waals surface area contributed by atoms with Gasteiger partial charge in [0.05, 0.1) is 5.60 Å². The summed E-state index contributed by atoms with van der Waals surface area (Å²) >= 11 is 5.94. The summed E-state index contributed by atoms with van der Waals surface area (Å²) in [6.45, 7) is 4.83. The predicted octanol–water partition coefficient (Wildman–Crippen LogP) is 3.99. The maximum atomic E-state index is 12.9. The SMILES string of the molecule is CC(CC(C)C(=O)N1CCC(O)(c2ccc(Cl)cc2)CC1)NC(=O)c1ccccc1. The summed E-state index contributed by atoms with van der Waals surface area (Å²) in [5, 5.41) is 14.6. The molecule has 2 aromatic carbocycles. The molecule has 0 saturated carbocycles. The lowest BCUT2D eigenvalue weighted by molar-refractivity contribution is -0.140. The van der Waals surface area contributed by atoms with Crippen LogP contribution >= 0.6 is 11.6 Å². The van der Waals surface area contributed by atoms with Gasteiger partial charge in [0.2, 0.25) is 5.91 Å². The van der Waals surface area contributed by atoms with Gasteiger partial charge in [-0.05, 0) is 56.0 Å². The Balaban J connectivity index is 1.50. The molecule has 2 N–H and O–H groups in total. The molecular formula is C24H29ClN2O3. The second-order valence-electron chi connectivity index (χ2n) is 8.24. The summed E-state index contributed by atoms with van der Waals surface area (Å²) < 4.78 is 0. The Hall–Kier alpha value is -2.37. The summed E-state index contributed by atoms with van der Waals surface area (Å²) in [5.41, 5.74) is 0.520. The number of rotatable bonds is 6. The van der Waals surface area contributed by atoms with Crippen molar-refractivity contribution in [2.75, 3.05) is 13.1 Å². The number of amides is 2. The first kappa shape index (κ1) is 22.3. The van der Waals surface area contributed by atoms with Gasteiger partial charge in [0.1, 0.15) is 0 Å². The van der Waals surface area contributed by atoms with Gasteiger partial charge < -0.3 is 15.3 Å². The van der Waals surface area contributed by atoms with Gasteiger partial charge in [0, 0.05) is 35.6 Å². The number of carbonyl (C=O) groups is 2. The topological polar surface area (TPSA) is 69.6 Å². The maximum absolute atomic E-state index is 12.9. The quantitative estimate of drug-likeness (QED) is 0.730. The third-order valence-electron chi connectivity index (χ3n) is 5.83. The van der Waals surface area contributed by atoms with E-state index in [9.17, 15) is 14.7 Å². The molecule has 0 aliphatic carbocycles. The Bertz CT molecular complexity index is 862. The molecule has 1 saturated heterocycles. The Morgan fingerprint density at radius 1 is 1.07 bits per heavy atom. The third kappa shape index (κ3) is 5.41. The molecular weight excluding hydrogens is 400 g/mol. The van der Waals surface area contributed by atoms with Crippen LogP contribution in [0.25, 0.3) is 0 Å². The van der Waals surface area contributed by atoms with Gasteiger partial charge in [-0.3, -0.25) is 9.59 Å².